The topological polar surface area (TPSA) is 163 Å². The zero-order valence-corrected chi connectivity index (χ0v) is 19.5. The predicted octanol–water partition coefficient (Wildman–Crippen LogP) is -1.35. The van der Waals surface area contributed by atoms with E-state index >= 15 is 0 Å². The molecular weight excluding hydrogens is 440 g/mol. The molecule has 6 atom stereocenters. The highest BCUT2D eigenvalue weighted by molar-refractivity contribution is 5.97. The summed E-state index contributed by atoms with van der Waals surface area (Å²) < 4.78 is 0. The third-order valence-electron chi connectivity index (χ3n) is 7.68. The highest BCUT2D eigenvalue weighted by Crippen LogP contribution is 2.31. The van der Waals surface area contributed by atoms with Crippen LogP contribution in [0.15, 0.2) is 0 Å². The van der Waals surface area contributed by atoms with Crippen molar-refractivity contribution in [3.8, 4) is 0 Å². The van der Waals surface area contributed by atoms with Gasteiger partial charge in [0.25, 0.3) is 0 Å². The molecule has 1 aliphatic carbocycles. The largest absolute Gasteiger partial charge is 0.370 e. The van der Waals surface area contributed by atoms with E-state index in [2.05, 4.69) is 21.3 Å². The quantitative estimate of drug-likeness (QED) is 0.305. The number of nitrogens with one attached hydrogen (secondary N) is 4. The van der Waals surface area contributed by atoms with E-state index in [0.29, 0.717) is 37.8 Å². The molecule has 0 spiro atoms. The summed E-state index contributed by atoms with van der Waals surface area (Å²) in [4.78, 5) is 63.8. The molecule has 5 amide bonds. The third-order valence-corrected chi connectivity index (χ3v) is 7.68. The van der Waals surface area contributed by atoms with Crippen molar-refractivity contribution in [3.05, 3.63) is 0 Å². The Hall–Kier alpha value is -2.69. The number of carbonyl (C=O) groups is 5. The van der Waals surface area contributed by atoms with Crippen LogP contribution in [0.3, 0.4) is 0 Å². The van der Waals surface area contributed by atoms with Crippen LogP contribution < -0.4 is 27.0 Å². The van der Waals surface area contributed by atoms with Crippen LogP contribution >= 0.6 is 0 Å². The van der Waals surface area contributed by atoms with Crippen molar-refractivity contribution in [2.24, 2.45) is 11.7 Å². The van der Waals surface area contributed by atoms with Crippen LogP contribution in [0.5, 0.6) is 0 Å². The first-order chi connectivity index (χ1) is 16.3. The first-order valence-electron chi connectivity index (χ1n) is 12.6. The van der Waals surface area contributed by atoms with Gasteiger partial charge >= 0.3 is 0 Å². The first kappa shape index (κ1) is 24.4. The van der Waals surface area contributed by atoms with E-state index in [4.69, 9.17) is 5.73 Å². The number of likely N-dealkylation sites (tertiary alicyclic amines) is 1. The second-order valence-corrected chi connectivity index (χ2v) is 9.99. The van der Waals surface area contributed by atoms with Crippen LogP contribution in [0.4, 0.5) is 0 Å². The molecule has 3 aliphatic heterocycles. The molecule has 4 aliphatic rings. The van der Waals surface area contributed by atoms with Gasteiger partial charge in [0, 0.05) is 25.0 Å². The van der Waals surface area contributed by atoms with E-state index in [9.17, 15) is 24.0 Å². The van der Waals surface area contributed by atoms with E-state index in [-0.39, 0.29) is 30.7 Å². The first-order valence-corrected chi connectivity index (χ1v) is 12.6. The fraction of sp³-hybridized carbons (Fsp3) is 0.783. The molecule has 6 unspecified atom stereocenters. The highest BCUT2D eigenvalue weighted by Gasteiger charge is 2.41. The number of rotatable bonds is 7. The Bertz CT molecular complexity index is 833. The summed E-state index contributed by atoms with van der Waals surface area (Å²) in [5.41, 5.74) is 5.35. The average Bonchev–Trinajstić information content (AvgIpc) is 3.47. The van der Waals surface area contributed by atoms with Crippen molar-refractivity contribution in [1.82, 2.24) is 26.2 Å². The Morgan fingerprint density at radius 2 is 1.85 bits per heavy atom. The third kappa shape index (κ3) is 5.51. The summed E-state index contributed by atoms with van der Waals surface area (Å²) in [5.74, 6) is -1.74. The minimum Gasteiger partial charge on any atom is -0.370 e. The summed E-state index contributed by atoms with van der Waals surface area (Å²) in [6, 6.07) is -2.03. The molecule has 11 nitrogen and oxygen atoms in total. The van der Waals surface area contributed by atoms with Crippen molar-refractivity contribution < 1.29 is 24.0 Å². The number of amides is 5. The van der Waals surface area contributed by atoms with E-state index in [1.807, 2.05) is 0 Å². The van der Waals surface area contributed by atoms with Crippen LogP contribution in [0.25, 0.3) is 0 Å². The zero-order valence-electron chi connectivity index (χ0n) is 19.5. The van der Waals surface area contributed by atoms with E-state index in [1.54, 1.807) is 0 Å². The maximum atomic E-state index is 13.4. The monoisotopic (exact) mass is 476 g/mol. The van der Waals surface area contributed by atoms with Gasteiger partial charge in [-0.2, -0.15) is 0 Å². The minimum absolute atomic E-state index is 0.0868. The van der Waals surface area contributed by atoms with E-state index in [0.717, 1.165) is 38.6 Å². The number of nitrogens with two attached hydrogens (primary N) is 1. The lowest BCUT2D eigenvalue weighted by molar-refractivity contribution is -0.143. The van der Waals surface area contributed by atoms with Gasteiger partial charge in [0.2, 0.25) is 29.5 Å². The number of hydrogen-bond donors (Lipinski definition) is 5. The molecule has 3 heterocycles. The van der Waals surface area contributed by atoms with E-state index < -0.39 is 35.8 Å². The van der Waals surface area contributed by atoms with Crippen LogP contribution in [-0.2, 0) is 24.0 Å². The number of hydrogen-bond acceptors (Lipinski definition) is 6. The molecular formula is C23H36N6O5. The molecule has 3 saturated heterocycles. The normalized spacial score (nSPS) is 31.8. The van der Waals surface area contributed by atoms with Crippen LogP contribution in [0, 0.1) is 5.92 Å². The van der Waals surface area contributed by atoms with Crippen LogP contribution in [-0.4, -0.2) is 77.7 Å². The second-order valence-electron chi connectivity index (χ2n) is 9.99. The lowest BCUT2D eigenvalue weighted by Gasteiger charge is -2.42. The molecule has 4 fully saturated rings. The molecule has 34 heavy (non-hydrogen) atoms. The lowest BCUT2D eigenvalue weighted by atomic mass is 9.76. The van der Waals surface area contributed by atoms with Gasteiger partial charge in [-0.25, -0.2) is 0 Å². The van der Waals surface area contributed by atoms with Crippen molar-refractivity contribution in [2.45, 2.75) is 94.4 Å². The van der Waals surface area contributed by atoms with Gasteiger partial charge in [-0.05, 0) is 63.8 Å². The van der Waals surface area contributed by atoms with Gasteiger partial charge in [0.05, 0.1) is 6.42 Å². The number of piperidine rings is 1. The van der Waals surface area contributed by atoms with Crippen molar-refractivity contribution in [3.63, 3.8) is 0 Å². The molecule has 0 aromatic carbocycles. The SMILES string of the molecule is NC(=O)CC(NC(=O)C1CCC(=O)N1)C(=O)N1CCCC1C(=O)NC1CCCC2NCCCC21. The second kappa shape index (κ2) is 10.7. The number of carbonyl (C=O) groups excluding carboxylic acids is 5. The molecule has 6 N–H and O–H groups in total. The van der Waals surface area contributed by atoms with Gasteiger partial charge in [0.15, 0.2) is 0 Å². The molecule has 11 heteroatoms. The zero-order chi connectivity index (χ0) is 24.2. The molecule has 4 rings (SSSR count). The Morgan fingerprint density at radius 3 is 2.59 bits per heavy atom. The summed E-state index contributed by atoms with van der Waals surface area (Å²) in [6.45, 7) is 1.39. The fourth-order valence-corrected chi connectivity index (χ4v) is 5.99. The standard InChI is InChI=1S/C23H36N6O5/c24-19(30)12-17(28-21(32)16-8-9-20(31)26-16)23(34)29-11-3-7-18(29)22(33)27-15-6-1-5-14-13(15)4-2-10-25-14/h13-18,25H,1-12H2,(H2,24,30)(H,26,31)(H,27,33)(H,28,32). The fourth-order valence-electron chi connectivity index (χ4n) is 5.99. The van der Waals surface area contributed by atoms with Gasteiger partial charge in [-0.3, -0.25) is 24.0 Å². The highest BCUT2D eigenvalue weighted by atomic mass is 16.2. The van der Waals surface area contributed by atoms with Gasteiger partial charge < -0.3 is 31.9 Å². The Kier molecular flexibility index (Phi) is 7.70. The smallest absolute Gasteiger partial charge is 0.246 e. The van der Waals surface area contributed by atoms with E-state index in [1.165, 1.54) is 4.90 Å². The molecule has 0 bridgehead atoms. The molecule has 0 aromatic rings. The van der Waals surface area contributed by atoms with Crippen molar-refractivity contribution in [1.29, 1.82) is 0 Å². The maximum Gasteiger partial charge on any atom is 0.246 e. The number of nitrogens with zero attached hydrogens (tertiary/aromatic N) is 1. The summed E-state index contributed by atoms with van der Waals surface area (Å²) in [6.07, 6.45) is 6.69. The number of fused-ring (bicyclic) bond motifs is 1. The molecule has 0 radical (unpaired) electrons. The summed E-state index contributed by atoms with van der Waals surface area (Å²) in [5, 5.41) is 11.9. The summed E-state index contributed by atoms with van der Waals surface area (Å²) in [7, 11) is 0. The summed E-state index contributed by atoms with van der Waals surface area (Å²) >= 11 is 0. The van der Waals surface area contributed by atoms with Gasteiger partial charge in [0.1, 0.15) is 18.1 Å². The van der Waals surface area contributed by atoms with Crippen LogP contribution in [0.2, 0.25) is 0 Å². The van der Waals surface area contributed by atoms with Gasteiger partial charge in [-0.15, -0.1) is 0 Å². The minimum atomic E-state index is -1.17. The number of primary amides is 1. The Labute approximate surface area is 199 Å². The molecule has 0 aromatic heterocycles. The maximum absolute atomic E-state index is 13.4. The predicted molar refractivity (Wildman–Crippen MR) is 122 cm³/mol. The van der Waals surface area contributed by atoms with Crippen molar-refractivity contribution in [2.75, 3.05) is 13.1 Å². The Morgan fingerprint density at radius 1 is 1.03 bits per heavy atom. The average molecular weight is 477 g/mol. The molecule has 1 saturated carbocycles. The van der Waals surface area contributed by atoms with Crippen LogP contribution in [0.1, 0.15) is 64.2 Å². The van der Waals surface area contributed by atoms with Crippen molar-refractivity contribution >= 4 is 29.5 Å². The lowest BCUT2D eigenvalue weighted by Crippen LogP contribution is -2.59. The Balaban J connectivity index is 1.40. The molecule has 188 valence electrons. The van der Waals surface area contributed by atoms with Gasteiger partial charge in [-0.1, -0.05) is 0 Å².